The SMILES string of the molecule is O=C(O)CCn1c(=O)n2n(c1=O)C(c1ccccc1)C=CC2C(=O)O. The number of nitrogens with zero attached hydrogens (tertiary/aromatic N) is 3. The molecule has 1 aliphatic heterocycles. The fourth-order valence-electron chi connectivity index (χ4n) is 2.88. The summed E-state index contributed by atoms with van der Waals surface area (Å²) in [6.07, 6.45) is 2.49. The molecule has 2 unspecified atom stereocenters. The Balaban J connectivity index is 2.20. The number of aliphatic carboxylic acids is 2. The highest BCUT2D eigenvalue weighted by atomic mass is 16.4. The summed E-state index contributed by atoms with van der Waals surface area (Å²) in [4.78, 5) is 47.5. The topological polar surface area (TPSA) is 124 Å². The van der Waals surface area contributed by atoms with Crippen LogP contribution in [0, 0.1) is 0 Å². The first-order valence-electron chi connectivity index (χ1n) is 7.53. The van der Waals surface area contributed by atoms with Crippen molar-refractivity contribution in [3.05, 3.63) is 69.0 Å². The lowest BCUT2D eigenvalue weighted by Crippen LogP contribution is -2.38. The third kappa shape index (κ3) is 2.80. The van der Waals surface area contributed by atoms with Crippen LogP contribution in [-0.4, -0.2) is 36.1 Å². The molecule has 130 valence electrons. The number of allylic oxidation sites excluding steroid dienone is 1. The molecule has 9 nitrogen and oxygen atoms in total. The number of hydrogen-bond donors (Lipinski definition) is 2. The zero-order valence-corrected chi connectivity index (χ0v) is 13.0. The van der Waals surface area contributed by atoms with Crippen molar-refractivity contribution in [1.82, 2.24) is 13.9 Å². The Labute approximate surface area is 140 Å². The Bertz CT molecular complexity index is 966. The number of hydrogen-bond acceptors (Lipinski definition) is 4. The van der Waals surface area contributed by atoms with Gasteiger partial charge in [0, 0.05) is 6.54 Å². The molecule has 2 atom stereocenters. The van der Waals surface area contributed by atoms with E-state index in [0.29, 0.717) is 5.56 Å². The van der Waals surface area contributed by atoms with Gasteiger partial charge in [-0.25, -0.2) is 28.3 Å². The fourth-order valence-corrected chi connectivity index (χ4v) is 2.88. The van der Waals surface area contributed by atoms with E-state index in [0.717, 1.165) is 13.9 Å². The van der Waals surface area contributed by atoms with Crippen LogP contribution in [0.4, 0.5) is 0 Å². The predicted octanol–water partition coefficient (Wildman–Crippen LogP) is 0.0711. The largest absolute Gasteiger partial charge is 0.481 e. The van der Waals surface area contributed by atoms with E-state index >= 15 is 0 Å². The van der Waals surface area contributed by atoms with E-state index in [1.54, 1.807) is 36.4 Å². The van der Waals surface area contributed by atoms with Crippen LogP contribution in [0.1, 0.15) is 24.1 Å². The number of carboxylic acid groups (broad SMARTS) is 2. The molecule has 0 radical (unpaired) electrons. The van der Waals surface area contributed by atoms with Gasteiger partial charge in [0.25, 0.3) is 0 Å². The predicted molar refractivity (Wildman–Crippen MR) is 85.6 cm³/mol. The van der Waals surface area contributed by atoms with Gasteiger partial charge in [0.05, 0.1) is 12.5 Å². The minimum absolute atomic E-state index is 0.326. The molecule has 0 aliphatic carbocycles. The molecule has 9 heteroatoms. The summed E-state index contributed by atoms with van der Waals surface area (Å²) in [5, 5.41) is 18.1. The Kier molecular flexibility index (Phi) is 4.14. The summed E-state index contributed by atoms with van der Waals surface area (Å²) in [6.45, 7) is -0.326. The highest BCUT2D eigenvalue weighted by Gasteiger charge is 2.32. The summed E-state index contributed by atoms with van der Waals surface area (Å²) in [5.74, 6) is -2.44. The highest BCUT2D eigenvalue weighted by molar-refractivity contribution is 5.74. The second-order valence-electron chi connectivity index (χ2n) is 5.57. The molecule has 0 saturated carbocycles. The summed E-state index contributed by atoms with van der Waals surface area (Å²) in [7, 11) is 0. The van der Waals surface area contributed by atoms with Crippen molar-refractivity contribution < 1.29 is 19.8 Å². The van der Waals surface area contributed by atoms with Crippen LogP contribution in [0.3, 0.4) is 0 Å². The first kappa shape index (κ1) is 16.5. The normalized spacial score (nSPS) is 18.7. The Morgan fingerprint density at radius 3 is 2.20 bits per heavy atom. The molecular formula is C16H15N3O6. The number of rotatable bonds is 5. The zero-order chi connectivity index (χ0) is 18.1. The third-order valence-corrected chi connectivity index (χ3v) is 4.03. The minimum atomic E-state index is -1.33. The van der Waals surface area contributed by atoms with E-state index < -0.39 is 41.8 Å². The van der Waals surface area contributed by atoms with Gasteiger partial charge in [0.1, 0.15) is 0 Å². The van der Waals surface area contributed by atoms with Crippen molar-refractivity contribution in [3.63, 3.8) is 0 Å². The van der Waals surface area contributed by atoms with Gasteiger partial charge in [0.2, 0.25) is 0 Å². The Hall–Kier alpha value is -3.36. The molecular weight excluding hydrogens is 330 g/mol. The van der Waals surface area contributed by atoms with Gasteiger partial charge in [-0.2, -0.15) is 0 Å². The molecule has 1 aromatic carbocycles. The molecule has 0 saturated heterocycles. The first-order valence-corrected chi connectivity index (χ1v) is 7.53. The molecule has 3 rings (SSSR count). The maximum atomic E-state index is 12.7. The van der Waals surface area contributed by atoms with Gasteiger partial charge in [-0.05, 0) is 5.56 Å². The quantitative estimate of drug-likeness (QED) is 0.739. The Morgan fingerprint density at radius 2 is 1.60 bits per heavy atom. The van der Waals surface area contributed by atoms with Gasteiger partial charge < -0.3 is 10.2 Å². The molecule has 1 aliphatic rings. The fraction of sp³-hybridized carbons (Fsp3) is 0.250. The van der Waals surface area contributed by atoms with Crippen molar-refractivity contribution in [2.75, 3.05) is 0 Å². The lowest BCUT2D eigenvalue weighted by molar-refractivity contribution is -0.140. The van der Waals surface area contributed by atoms with Crippen molar-refractivity contribution in [2.24, 2.45) is 0 Å². The minimum Gasteiger partial charge on any atom is -0.481 e. The molecule has 2 heterocycles. The van der Waals surface area contributed by atoms with Crippen LogP contribution < -0.4 is 11.4 Å². The molecule has 25 heavy (non-hydrogen) atoms. The molecule has 2 N–H and O–H groups in total. The van der Waals surface area contributed by atoms with Crippen LogP contribution in [0.2, 0.25) is 0 Å². The average molecular weight is 345 g/mol. The highest BCUT2D eigenvalue weighted by Crippen LogP contribution is 2.24. The third-order valence-electron chi connectivity index (χ3n) is 4.03. The van der Waals surface area contributed by atoms with Gasteiger partial charge in [-0.3, -0.25) is 4.79 Å². The number of aromatic nitrogens is 3. The van der Waals surface area contributed by atoms with Crippen LogP contribution in [0.5, 0.6) is 0 Å². The van der Waals surface area contributed by atoms with E-state index in [4.69, 9.17) is 5.11 Å². The summed E-state index contributed by atoms with van der Waals surface area (Å²) in [6, 6.07) is 6.86. The smallest absolute Gasteiger partial charge is 0.348 e. The van der Waals surface area contributed by atoms with Crippen molar-refractivity contribution in [1.29, 1.82) is 0 Å². The Morgan fingerprint density at radius 1 is 0.960 bits per heavy atom. The molecule has 1 aromatic heterocycles. The number of fused-ring (bicyclic) bond motifs is 1. The van der Waals surface area contributed by atoms with Crippen LogP contribution in [0.25, 0.3) is 0 Å². The average Bonchev–Trinajstić information content (AvgIpc) is 2.84. The maximum absolute atomic E-state index is 12.7. The lowest BCUT2D eigenvalue weighted by atomic mass is 10.0. The van der Waals surface area contributed by atoms with Crippen molar-refractivity contribution >= 4 is 11.9 Å². The zero-order valence-electron chi connectivity index (χ0n) is 13.0. The number of carbonyl (C=O) groups is 2. The van der Waals surface area contributed by atoms with E-state index in [1.807, 2.05) is 0 Å². The van der Waals surface area contributed by atoms with E-state index in [9.17, 15) is 24.3 Å². The number of benzene rings is 1. The van der Waals surface area contributed by atoms with Crippen LogP contribution in [-0.2, 0) is 16.1 Å². The van der Waals surface area contributed by atoms with E-state index in [-0.39, 0.29) is 6.54 Å². The summed E-state index contributed by atoms with van der Waals surface area (Å²) >= 11 is 0. The van der Waals surface area contributed by atoms with Gasteiger partial charge >= 0.3 is 23.3 Å². The molecule has 0 bridgehead atoms. The monoisotopic (exact) mass is 345 g/mol. The number of carboxylic acids is 2. The second-order valence-corrected chi connectivity index (χ2v) is 5.57. The van der Waals surface area contributed by atoms with Gasteiger partial charge in [0.15, 0.2) is 6.04 Å². The molecule has 2 aromatic rings. The molecule has 0 spiro atoms. The van der Waals surface area contributed by atoms with E-state index in [2.05, 4.69) is 0 Å². The maximum Gasteiger partial charge on any atom is 0.348 e. The standard InChI is InChI=1S/C16H15N3O6/c20-13(21)8-9-17-15(24)18-11(10-4-2-1-3-5-10)6-7-12(14(22)23)19(18)16(17)25/h1-7,11-12H,8-9H2,(H,20,21)(H,22,23). The van der Waals surface area contributed by atoms with Gasteiger partial charge in [-0.1, -0.05) is 42.5 Å². The molecule has 0 amide bonds. The van der Waals surface area contributed by atoms with Crippen LogP contribution >= 0.6 is 0 Å². The second kappa shape index (κ2) is 6.27. The van der Waals surface area contributed by atoms with Gasteiger partial charge in [-0.15, -0.1) is 0 Å². The van der Waals surface area contributed by atoms with Crippen molar-refractivity contribution in [2.45, 2.75) is 25.0 Å². The summed E-state index contributed by atoms with van der Waals surface area (Å²) in [5.41, 5.74) is -0.881. The van der Waals surface area contributed by atoms with E-state index in [1.165, 1.54) is 6.08 Å². The molecule has 0 fully saturated rings. The first-order chi connectivity index (χ1) is 11.9. The van der Waals surface area contributed by atoms with Crippen molar-refractivity contribution in [3.8, 4) is 0 Å². The van der Waals surface area contributed by atoms with Crippen LogP contribution in [0.15, 0.2) is 52.1 Å². The summed E-state index contributed by atoms with van der Waals surface area (Å²) < 4.78 is 2.69. The lowest BCUT2D eigenvalue weighted by Gasteiger charge is -2.24.